The van der Waals surface area contributed by atoms with E-state index < -0.39 is 6.03 Å². The van der Waals surface area contributed by atoms with Gasteiger partial charge in [0.15, 0.2) is 0 Å². The second-order valence-electron chi connectivity index (χ2n) is 4.04. The van der Waals surface area contributed by atoms with Crippen molar-refractivity contribution in [2.24, 2.45) is 0 Å². The van der Waals surface area contributed by atoms with Crippen LogP contribution in [0.25, 0.3) is 0 Å². The molecule has 2 amide bonds. The Morgan fingerprint density at radius 1 is 1.20 bits per heavy atom. The van der Waals surface area contributed by atoms with E-state index in [0.29, 0.717) is 27.8 Å². The Bertz CT molecular complexity index is 632. The first kappa shape index (κ1) is 14.0. The summed E-state index contributed by atoms with van der Waals surface area (Å²) in [5, 5.41) is 5.87. The minimum atomic E-state index is -0.399. The van der Waals surface area contributed by atoms with Crippen LogP contribution in [0.15, 0.2) is 42.5 Å². The molecule has 0 aliphatic rings. The van der Waals surface area contributed by atoms with Crippen LogP contribution in [0.5, 0.6) is 5.75 Å². The van der Waals surface area contributed by atoms with Crippen molar-refractivity contribution in [3.63, 3.8) is 0 Å². The third-order valence-corrected chi connectivity index (χ3v) is 2.82. The molecule has 2 aromatic carbocycles. The van der Waals surface area contributed by atoms with E-state index in [2.05, 4.69) is 10.6 Å². The van der Waals surface area contributed by atoms with Crippen LogP contribution in [0.2, 0.25) is 5.02 Å². The van der Waals surface area contributed by atoms with Gasteiger partial charge in [0.25, 0.3) is 0 Å². The first-order valence-corrected chi connectivity index (χ1v) is 6.23. The highest BCUT2D eigenvalue weighted by Crippen LogP contribution is 2.24. The number of hydrogen-bond donors (Lipinski definition) is 3. The lowest BCUT2D eigenvalue weighted by Gasteiger charge is -2.11. The topological polar surface area (TPSA) is 76.4 Å². The smallest absolute Gasteiger partial charge is 0.323 e. The standard InChI is InChI=1S/C14H14ClN3O2/c1-20-11-5-6-13(12(16)8-11)18-14(19)17-10-4-2-3-9(15)7-10/h2-8H,16H2,1H3,(H2,17,18,19). The molecule has 2 rings (SSSR count). The van der Waals surface area contributed by atoms with E-state index in [0.717, 1.165) is 0 Å². The van der Waals surface area contributed by atoms with Crippen LogP contribution in [0.1, 0.15) is 0 Å². The number of methoxy groups -OCH3 is 1. The van der Waals surface area contributed by atoms with Crippen LogP contribution in [-0.2, 0) is 0 Å². The summed E-state index contributed by atoms with van der Waals surface area (Å²) in [6, 6.07) is 11.5. The van der Waals surface area contributed by atoms with Crippen LogP contribution in [0.3, 0.4) is 0 Å². The SMILES string of the molecule is COc1ccc(NC(=O)Nc2cccc(Cl)c2)c(N)c1. The number of hydrogen-bond acceptors (Lipinski definition) is 3. The van der Waals surface area contributed by atoms with Crippen LogP contribution >= 0.6 is 11.6 Å². The Hall–Kier alpha value is -2.40. The lowest BCUT2D eigenvalue weighted by Crippen LogP contribution is -2.20. The van der Waals surface area contributed by atoms with Gasteiger partial charge in [-0.15, -0.1) is 0 Å². The van der Waals surface area contributed by atoms with Gasteiger partial charge in [-0.3, -0.25) is 0 Å². The summed E-state index contributed by atoms with van der Waals surface area (Å²) in [4.78, 5) is 11.8. The van der Waals surface area contributed by atoms with Gasteiger partial charge in [-0.05, 0) is 30.3 Å². The van der Waals surface area contributed by atoms with Gasteiger partial charge in [0, 0.05) is 16.8 Å². The molecule has 0 radical (unpaired) electrons. The van der Waals surface area contributed by atoms with E-state index in [1.54, 1.807) is 49.6 Å². The summed E-state index contributed by atoms with van der Waals surface area (Å²) in [7, 11) is 1.55. The van der Waals surface area contributed by atoms with Crippen molar-refractivity contribution >= 4 is 34.7 Å². The molecule has 0 saturated carbocycles. The predicted molar refractivity (Wildman–Crippen MR) is 81.5 cm³/mol. The molecule has 0 fully saturated rings. The van der Waals surface area contributed by atoms with E-state index in [4.69, 9.17) is 22.1 Å². The molecule has 0 unspecified atom stereocenters. The lowest BCUT2D eigenvalue weighted by atomic mass is 10.2. The largest absolute Gasteiger partial charge is 0.497 e. The zero-order valence-corrected chi connectivity index (χ0v) is 11.6. The van der Waals surface area contributed by atoms with Crippen LogP contribution in [0, 0.1) is 0 Å². The summed E-state index contributed by atoms with van der Waals surface area (Å²) in [6.07, 6.45) is 0. The van der Waals surface area contributed by atoms with Gasteiger partial charge in [-0.25, -0.2) is 4.79 Å². The Labute approximate surface area is 121 Å². The third-order valence-electron chi connectivity index (χ3n) is 2.59. The van der Waals surface area contributed by atoms with Crippen LogP contribution in [0.4, 0.5) is 21.9 Å². The highest BCUT2D eigenvalue weighted by molar-refractivity contribution is 6.30. The maximum Gasteiger partial charge on any atom is 0.323 e. The number of carbonyl (C=O) groups is 1. The average molecular weight is 292 g/mol. The molecular formula is C14H14ClN3O2. The number of rotatable bonds is 3. The summed E-state index contributed by atoms with van der Waals surface area (Å²) in [5.41, 5.74) is 7.35. The predicted octanol–water partition coefficient (Wildman–Crippen LogP) is 3.57. The number of benzene rings is 2. The molecule has 0 saturated heterocycles. The number of nitrogen functional groups attached to an aromatic ring is 1. The van der Waals surface area contributed by atoms with Crippen molar-refractivity contribution in [3.05, 3.63) is 47.5 Å². The molecule has 0 aliphatic heterocycles. The first-order chi connectivity index (χ1) is 9.58. The van der Waals surface area contributed by atoms with Crippen LogP contribution < -0.4 is 21.1 Å². The quantitative estimate of drug-likeness (QED) is 0.757. The molecule has 5 nitrogen and oxygen atoms in total. The molecular weight excluding hydrogens is 278 g/mol. The zero-order chi connectivity index (χ0) is 14.5. The van der Waals surface area contributed by atoms with Crippen molar-refractivity contribution in [2.75, 3.05) is 23.5 Å². The molecule has 0 aromatic heterocycles. The summed E-state index contributed by atoms with van der Waals surface area (Å²) >= 11 is 5.84. The number of urea groups is 1. The van der Waals surface area contributed by atoms with Gasteiger partial charge in [0.2, 0.25) is 0 Å². The number of ether oxygens (including phenoxy) is 1. The normalized spacial score (nSPS) is 9.90. The second-order valence-corrected chi connectivity index (χ2v) is 4.48. The van der Waals surface area contributed by atoms with Crippen LogP contribution in [-0.4, -0.2) is 13.1 Å². The first-order valence-electron chi connectivity index (χ1n) is 5.85. The number of halogens is 1. The number of anilines is 3. The summed E-state index contributed by atoms with van der Waals surface area (Å²) < 4.78 is 5.04. The molecule has 4 N–H and O–H groups in total. The minimum absolute atomic E-state index is 0.399. The molecule has 20 heavy (non-hydrogen) atoms. The Balaban J connectivity index is 2.05. The van der Waals surface area contributed by atoms with Crippen molar-refractivity contribution in [3.8, 4) is 5.75 Å². The average Bonchev–Trinajstić information content (AvgIpc) is 2.41. The summed E-state index contributed by atoms with van der Waals surface area (Å²) in [5.74, 6) is 0.628. The van der Waals surface area contributed by atoms with Gasteiger partial charge in [0.05, 0.1) is 18.5 Å². The fraction of sp³-hybridized carbons (Fsp3) is 0.0714. The van der Waals surface area contributed by atoms with Crippen molar-refractivity contribution in [1.82, 2.24) is 0 Å². The van der Waals surface area contributed by atoms with Gasteiger partial charge in [-0.1, -0.05) is 17.7 Å². The van der Waals surface area contributed by atoms with E-state index in [9.17, 15) is 4.79 Å². The summed E-state index contributed by atoms with van der Waals surface area (Å²) in [6.45, 7) is 0. The maximum atomic E-state index is 11.8. The van der Waals surface area contributed by atoms with Gasteiger partial charge >= 0.3 is 6.03 Å². The fourth-order valence-electron chi connectivity index (χ4n) is 1.63. The molecule has 0 spiro atoms. The minimum Gasteiger partial charge on any atom is -0.497 e. The number of carbonyl (C=O) groups excluding carboxylic acids is 1. The van der Waals surface area contributed by atoms with Crippen molar-refractivity contribution < 1.29 is 9.53 Å². The molecule has 0 heterocycles. The Morgan fingerprint density at radius 2 is 2.00 bits per heavy atom. The third kappa shape index (κ3) is 3.55. The molecule has 2 aromatic rings. The Kier molecular flexibility index (Phi) is 4.32. The van der Waals surface area contributed by atoms with Crippen molar-refractivity contribution in [2.45, 2.75) is 0 Å². The zero-order valence-electron chi connectivity index (χ0n) is 10.8. The Morgan fingerprint density at radius 3 is 2.65 bits per heavy atom. The van der Waals surface area contributed by atoms with Crippen molar-refractivity contribution in [1.29, 1.82) is 0 Å². The molecule has 104 valence electrons. The highest BCUT2D eigenvalue weighted by atomic mass is 35.5. The second kappa shape index (κ2) is 6.16. The molecule has 0 atom stereocenters. The van der Waals surface area contributed by atoms with E-state index in [1.807, 2.05) is 0 Å². The highest BCUT2D eigenvalue weighted by Gasteiger charge is 2.06. The van der Waals surface area contributed by atoms with Gasteiger partial charge < -0.3 is 21.1 Å². The number of nitrogens with one attached hydrogen (secondary N) is 2. The number of nitrogens with two attached hydrogens (primary N) is 1. The van der Waals surface area contributed by atoms with E-state index in [1.165, 1.54) is 0 Å². The van der Waals surface area contributed by atoms with E-state index >= 15 is 0 Å². The van der Waals surface area contributed by atoms with Gasteiger partial charge in [-0.2, -0.15) is 0 Å². The monoisotopic (exact) mass is 291 g/mol. The molecule has 0 aliphatic carbocycles. The maximum absolute atomic E-state index is 11.8. The van der Waals surface area contributed by atoms with Gasteiger partial charge in [0.1, 0.15) is 5.75 Å². The molecule has 0 bridgehead atoms. The lowest BCUT2D eigenvalue weighted by molar-refractivity contribution is 0.262. The molecule has 6 heteroatoms. The number of amides is 2. The fourth-order valence-corrected chi connectivity index (χ4v) is 1.82. The van der Waals surface area contributed by atoms with E-state index in [-0.39, 0.29) is 0 Å².